The van der Waals surface area contributed by atoms with Gasteiger partial charge in [-0.05, 0) is 19.1 Å². The van der Waals surface area contributed by atoms with E-state index in [2.05, 4.69) is 22.8 Å². The molecule has 0 saturated carbocycles. The van der Waals surface area contributed by atoms with Crippen molar-refractivity contribution in [2.45, 2.75) is 18.6 Å². The second-order valence-electron chi connectivity index (χ2n) is 3.05. The Bertz CT molecular complexity index is 481. The van der Waals surface area contributed by atoms with E-state index in [-0.39, 0.29) is 5.82 Å². The van der Waals surface area contributed by atoms with E-state index >= 15 is 0 Å². The third kappa shape index (κ3) is 1.74. The zero-order valence-electron chi connectivity index (χ0n) is 8.18. The van der Waals surface area contributed by atoms with Crippen LogP contribution in [0.1, 0.15) is 6.92 Å². The quantitative estimate of drug-likeness (QED) is 0.792. The molecular weight excluding hydrogens is 213 g/mol. The first-order chi connectivity index (χ1) is 7.24. The van der Waals surface area contributed by atoms with Gasteiger partial charge in [0.1, 0.15) is 5.82 Å². The maximum atomic E-state index is 13.5. The standard InChI is InChI=1S/C10H10FN3S/c1-2-14-9(12-13-10(14)15)7-5-3-4-6-8(7)11/h3-6H,2H2,1H3,(H,13,15). The molecule has 0 amide bonds. The lowest BCUT2D eigenvalue weighted by Crippen LogP contribution is -1.99. The molecule has 2 rings (SSSR count). The summed E-state index contributed by atoms with van der Waals surface area (Å²) < 4.78 is 15.2. The monoisotopic (exact) mass is 223 g/mol. The van der Waals surface area contributed by atoms with Gasteiger partial charge < -0.3 is 4.57 Å². The van der Waals surface area contributed by atoms with Crippen LogP contribution in [0.15, 0.2) is 29.4 Å². The molecule has 0 aliphatic carbocycles. The third-order valence-electron chi connectivity index (χ3n) is 2.16. The first-order valence-electron chi connectivity index (χ1n) is 4.61. The van der Waals surface area contributed by atoms with Crippen molar-refractivity contribution in [1.29, 1.82) is 0 Å². The molecular formula is C10H10FN3S. The topological polar surface area (TPSA) is 30.7 Å². The summed E-state index contributed by atoms with van der Waals surface area (Å²) in [6, 6.07) is 6.50. The van der Waals surface area contributed by atoms with Crippen molar-refractivity contribution in [2.24, 2.45) is 0 Å². The van der Waals surface area contributed by atoms with E-state index in [9.17, 15) is 4.39 Å². The maximum Gasteiger partial charge on any atom is 0.188 e. The lowest BCUT2D eigenvalue weighted by molar-refractivity contribution is 0.624. The van der Waals surface area contributed by atoms with Crippen molar-refractivity contribution in [2.75, 3.05) is 0 Å². The Hall–Kier alpha value is -1.36. The predicted molar refractivity (Wildman–Crippen MR) is 58.3 cm³/mol. The fourth-order valence-corrected chi connectivity index (χ4v) is 1.71. The van der Waals surface area contributed by atoms with E-state index < -0.39 is 0 Å². The molecule has 0 spiro atoms. The molecule has 1 aromatic carbocycles. The Morgan fingerprint density at radius 2 is 2.07 bits per heavy atom. The van der Waals surface area contributed by atoms with Crippen LogP contribution in [0.4, 0.5) is 4.39 Å². The maximum absolute atomic E-state index is 13.5. The Morgan fingerprint density at radius 1 is 1.33 bits per heavy atom. The minimum Gasteiger partial charge on any atom is -0.302 e. The van der Waals surface area contributed by atoms with Crippen molar-refractivity contribution in [3.8, 4) is 11.4 Å². The van der Waals surface area contributed by atoms with Gasteiger partial charge in [0, 0.05) is 6.54 Å². The molecule has 2 aromatic rings. The number of thiol groups is 1. The van der Waals surface area contributed by atoms with Crippen molar-refractivity contribution >= 4 is 12.6 Å². The summed E-state index contributed by atoms with van der Waals surface area (Å²) in [7, 11) is 0. The lowest BCUT2D eigenvalue weighted by Gasteiger charge is -2.05. The van der Waals surface area contributed by atoms with E-state index in [0.717, 1.165) is 0 Å². The van der Waals surface area contributed by atoms with Crippen LogP contribution in [-0.4, -0.2) is 14.8 Å². The summed E-state index contributed by atoms with van der Waals surface area (Å²) in [5, 5.41) is 8.23. The fourth-order valence-electron chi connectivity index (χ4n) is 1.43. The van der Waals surface area contributed by atoms with Gasteiger partial charge in [0.25, 0.3) is 0 Å². The first kappa shape index (κ1) is 10.2. The van der Waals surface area contributed by atoms with Gasteiger partial charge in [-0.3, -0.25) is 0 Å². The molecule has 1 heterocycles. The number of hydrogen-bond acceptors (Lipinski definition) is 3. The van der Waals surface area contributed by atoms with Crippen molar-refractivity contribution in [3.63, 3.8) is 0 Å². The van der Waals surface area contributed by atoms with Crippen molar-refractivity contribution in [1.82, 2.24) is 14.8 Å². The summed E-state index contributed by atoms with van der Waals surface area (Å²) in [6.45, 7) is 2.60. The van der Waals surface area contributed by atoms with Gasteiger partial charge in [0.2, 0.25) is 0 Å². The molecule has 0 aliphatic heterocycles. The van der Waals surface area contributed by atoms with Gasteiger partial charge in [0.05, 0.1) is 5.56 Å². The minimum atomic E-state index is -0.298. The normalized spacial score (nSPS) is 10.6. The van der Waals surface area contributed by atoms with E-state index in [0.29, 0.717) is 23.1 Å². The van der Waals surface area contributed by atoms with Gasteiger partial charge in [-0.1, -0.05) is 12.1 Å². The minimum absolute atomic E-state index is 0.298. The number of benzene rings is 1. The van der Waals surface area contributed by atoms with Gasteiger partial charge in [0.15, 0.2) is 11.0 Å². The fraction of sp³-hybridized carbons (Fsp3) is 0.200. The Labute approximate surface area is 92.4 Å². The SMILES string of the molecule is CCn1c(S)nnc1-c1ccccc1F. The molecule has 0 aliphatic rings. The number of hydrogen-bond donors (Lipinski definition) is 1. The lowest BCUT2D eigenvalue weighted by atomic mass is 10.2. The number of nitrogens with zero attached hydrogens (tertiary/aromatic N) is 3. The van der Waals surface area contributed by atoms with E-state index in [1.165, 1.54) is 6.07 Å². The molecule has 3 nitrogen and oxygen atoms in total. The van der Waals surface area contributed by atoms with Crippen LogP contribution in [0.5, 0.6) is 0 Å². The molecule has 0 unspecified atom stereocenters. The highest BCUT2D eigenvalue weighted by molar-refractivity contribution is 7.80. The Balaban J connectivity index is 2.59. The highest BCUT2D eigenvalue weighted by Gasteiger charge is 2.13. The second kappa shape index (κ2) is 4.02. The summed E-state index contributed by atoms with van der Waals surface area (Å²) >= 11 is 4.15. The molecule has 5 heteroatoms. The van der Waals surface area contributed by atoms with Crippen LogP contribution in [0.3, 0.4) is 0 Å². The molecule has 78 valence electrons. The predicted octanol–water partition coefficient (Wildman–Crippen LogP) is 2.39. The molecule has 0 radical (unpaired) electrons. The first-order valence-corrected chi connectivity index (χ1v) is 5.05. The van der Waals surface area contributed by atoms with Crippen molar-refractivity contribution in [3.05, 3.63) is 30.1 Å². The van der Waals surface area contributed by atoms with Crippen LogP contribution < -0.4 is 0 Å². The van der Waals surface area contributed by atoms with Gasteiger partial charge >= 0.3 is 0 Å². The van der Waals surface area contributed by atoms with Crippen LogP contribution >= 0.6 is 12.6 Å². The number of aromatic nitrogens is 3. The van der Waals surface area contributed by atoms with Crippen LogP contribution in [0.2, 0.25) is 0 Å². The largest absolute Gasteiger partial charge is 0.302 e. The number of halogens is 1. The highest BCUT2D eigenvalue weighted by atomic mass is 32.1. The molecule has 0 N–H and O–H groups in total. The highest BCUT2D eigenvalue weighted by Crippen LogP contribution is 2.22. The van der Waals surface area contributed by atoms with Crippen LogP contribution in [-0.2, 0) is 6.54 Å². The summed E-state index contributed by atoms with van der Waals surface area (Å²) in [5.74, 6) is 0.216. The molecule has 0 saturated heterocycles. The van der Waals surface area contributed by atoms with Gasteiger partial charge in [-0.25, -0.2) is 4.39 Å². The summed E-state index contributed by atoms with van der Waals surface area (Å²) in [5.41, 5.74) is 0.451. The smallest absolute Gasteiger partial charge is 0.188 e. The van der Waals surface area contributed by atoms with E-state index in [1.807, 2.05) is 6.92 Å². The molecule has 0 fully saturated rings. The van der Waals surface area contributed by atoms with Gasteiger partial charge in [-0.2, -0.15) is 0 Å². The average molecular weight is 223 g/mol. The third-order valence-corrected chi connectivity index (χ3v) is 2.49. The Morgan fingerprint density at radius 3 is 2.73 bits per heavy atom. The molecule has 1 aromatic heterocycles. The summed E-state index contributed by atoms with van der Waals surface area (Å²) in [6.07, 6.45) is 0. The summed E-state index contributed by atoms with van der Waals surface area (Å²) in [4.78, 5) is 0. The zero-order valence-corrected chi connectivity index (χ0v) is 9.08. The Kier molecular flexibility index (Phi) is 2.73. The van der Waals surface area contributed by atoms with E-state index in [1.54, 1.807) is 22.8 Å². The molecule has 0 atom stereocenters. The van der Waals surface area contributed by atoms with Crippen LogP contribution in [0, 0.1) is 5.82 Å². The zero-order chi connectivity index (χ0) is 10.8. The number of rotatable bonds is 2. The second-order valence-corrected chi connectivity index (χ2v) is 3.45. The van der Waals surface area contributed by atoms with Gasteiger partial charge in [-0.15, -0.1) is 22.8 Å². The van der Waals surface area contributed by atoms with Crippen molar-refractivity contribution < 1.29 is 4.39 Å². The van der Waals surface area contributed by atoms with E-state index in [4.69, 9.17) is 0 Å². The molecule has 0 bridgehead atoms. The molecule has 15 heavy (non-hydrogen) atoms. The average Bonchev–Trinajstić information content (AvgIpc) is 2.60. The van der Waals surface area contributed by atoms with Crippen LogP contribution in [0.25, 0.3) is 11.4 Å².